The quantitative estimate of drug-likeness (QED) is 0.597. The highest BCUT2D eigenvalue weighted by atomic mass is 32.2. The van der Waals surface area contributed by atoms with Gasteiger partial charge in [0.15, 0.2) is 0 Å². The zero-order chi connectivity index (χ0) is 22.5. The molecule has 1 atom stereocenters. The minimum Gasteiger partial charge on any atom is -0.271 e. The van der Waals surface area contributed by atoms with Crippen LogP contribution in [0.25, 0.3) is 0 Å². The topological polar surface area (TPSA) is 104 Å². The Kier molecular flexibility index (Phi) is 7.21. The van der Waals surface area contributed by atoms with Crippen LogP contribution in [0.15, 0.2) is 53.4 Å². The Morgan fingerprint density at radius 2 is 1.60 bits per heavy atom. The maximum Gasteiger partial charge on any atom is 0.417 e. The molecule has 0 aliphatic rings. The van der Waals surface area contributed by atoms with Gasteiger partial charge in [-0.25, -0.2) is 8.42 Å². The van der Waals surface area contributed by atoms with E-state index in [2.05, 4.69) is 5.43 Å². The van der Waals surface area contributed by atoms with Gasteiger partial charge < -0.3 is 0 Å². The predicted octanol–water partition coefficient (Wildman–Crippen LogP) is 2.40. The molecular formula is C19H20F3N3O4S. The van der Waals surface area contributed by atoms with Crippen LogP contribution in [0, 0.1) is 0 Å². The summed E-state index contributed by atoms with van der Waals surface area (Å²) in [4.78, 5) is 23.1. The van der Waals surface area contributed by atoms with Crippen molar-refractivity contribution in [3.05, 3.63) is 65.2 Å². The van der Waals surface area contributed by atoms with Crippen LogP contribution in [-0.4, -0.2) is 26.3 Å². The summed E-state index contributed by atoms with van der Waals surface area (Å²) in [5.74, 6) is -1.59. The van der Waals surface area contributed by atoms with Gasteiger partial charge >= 0.3 is 6.18 Å². The summed E-state index contributed by atoms with van der Waals surface area (Å²) < 4.78 is 65.8. The summed E-state index contributed by atoms with van der Waals surface area (Å²) >= 11 is 0. The minimum atomic E-state index is -4.89. The average molecular weight is 443 g/mol. The van der Waals surface area contributed by atoms with E-state index < -0.39 is 44.5 Å². The van der Waals surface area contributed by atoms with Crippen LogP contribution >= 0.6 is 0 Å². The molecule has 2 amide bonds. The second kappa shape index (κ2) is 9.26. The van der Waals surface area contributed by atoms with Crippen LogP contribution in [0.1, 0.15) is 35.3 Å². The first-order valence-electron chi connectivity index (χ1n) is 8.83. The van der Waals surface area contributed by atoms with Gasteiger partial charge in [-0.2, -0.15) is 17.9 Å². The summed E-state index contributed by atoms with van der Waals surface area (Å²) in [7, 11) is -4.66. The largest absolute Gasteiger partial charge is 0.417 e. The van der Waals surface area contributed by atoms with Gasteiger partial charge in [0.1, 0.15) is 0 Å². The van der Waals surface area contributed by atoms with E-state index in [4.69, 9.17) is 0 Å². The molecule has 0 bridgehead atoms. The van der Waals surface area contributed by atoms with E-state index in [1.54, 1.807) is 24.3 Å². The van der Waals surface area contributed by atoms with Gasteiger partial charge in [-0.1, -0.05) is 31.2 Å². The SMILES string of the molecule is CCc1ccc(C(=O)NNC(=O)[C@H](C)NS(=O)(=O)c2ccccc2C(F)(F)F)cc1. The van der Waals surface area contributed by atoms with Crippen molar-refractivity contribution in [2.75, 3.05) is 0 Å². The van der Waals surface area contributed by atoms with Crippen molar-refractivity contribution in [1.29, 1.82) is 0 Å². The smallest absolute Gasteiger partial charge is 0.271 e. The van der Waals surface area contributed by atoms with Gasteiger partial charge in [0.2, 0.25) is 10.0 Å². The summed E-state index contributed by atoms with van der Waals surface area (Å²) in [5.41, 5.74) is 4.09. The normalized spacial score (nSPS) is 12.8. The maximum absolute atomic E-state index is 13.1. The first-order chi connectivity index (χ1) is 14.0. The fourth-order valence-corrected chi connectivity index (χ4v) is 3.91. The summed E-state index contributed by atoms with van der Waals surface area (Å²) in [5, 5.41) is 0. The predicted molar refractivity (Wildman–Crippen MR) is 103 cm³/mol. The van der Waals surface area contributed by atoms with Crippen molar-refractivity contribution in [2.24, 2.45) is 0 Å². The number of sulfonamides is 1. The van der Waals surface area contributed by atoms with Crippen LogP contribution < -0.4 is 15.6 Å². The lowest BCUT2D eigenvalue weighted by Gasteiger charge is -2.17. The first-order valence-corrected chi connectivity index (χ1v) is 10.3. The molecule has 0 aromatic heterocycles. The second-order valence-corrected chi connectivity index (χ2v) is 8.01. The molecule has 0 unspecified atom stereocenters. The van der Waals surface area contributed by atoms with Crippen molar-refractivity contribution in [2.45, 2.75) is 37.4 Å². The Bertz CT molecular complexity index is 1020. The number of benzene rings is 2. The Morgan fingerprint density at radius 3 is 2.17 bits per heavy atom. The molecule has 30 heavy (non-hydrogen) atoms. The van der Waals surface area contributed by atoms with E-state index in [0.29, 0.717) is 6.07 Å². The van der Waals surface area contributed by atoms with Crippen molar-refractivity contribution < 1.29 is 31.2 Å². The van der Waals surface area contributed by atoms with Crippen molar-refractivity contribution in [3.8, 4) is 0 Å². The summed E-state index contributed by atoms with van der Waals surface area (Å²) in [6.07, 6.45) is -4.11. The minimum absolute atomic E-state index is 0.264. The highest BCUT2D eigenvalue weighted by Gasteiger charge is 2.37. The molecule has 2 aromatic carbocycles. The molecule has 162 valence electrons. The molecule has 7 nitrogen and oxygen atoms in total. The molecular weight excluding hydrogens is 423 g/mol. The molecule has 0 aliphatic carbocycles. The van der Waals surface area contributed by atoms with Crippen molar-refractivity contribution in [1.82, 2.24) is 15.6 Å². The molecule has 0 spiro atoms. The van der Waals surface area contributed by atoms with Gasteiger partial charge in [0, 0.05) is 5.56 Å². The third kappa shape index (κ3) is 5.80. The lowest BCUT2D eigenvalue weighted by Crippen LogP contribution is -2.51. The fourth-order valence-electron chi connectivity index (χ4n) is 2.48. The monoisotopic (exact) mass is 443 g/mol. The highest BCUT2D eigenvalue weighted by molar-refractivity contribution is 7.89. The number of aryl methyl sites for hydroxylation is 1. The second-order valence-electron chi connectivity index (χ2n) is 6.33. The number of carbonyl (C=O) groups is 2. The number of halogens is 3. The summed E-state index contributed by atoms with van der Waals surface area (Å²) in [6, 6.07) is 8.75. The third-order valence-corrected chi connectivity index (χ3v) is 5.73. The first kappa shape index (κ1) is 23.4. The molecule has 2 aromatic rings. The lowest BCUT2D eigenvalue weighted by molar-refractivity contribution is -0.139. The Labute approximate surface area is 171 Å². The number of nitrogens with one attached hydrogen (secondary N) is 3. The molecule has 11 heteroatoms. The molecule has 0 saturated carbocycles. The Hall–Kier alpha value is -2.92. The molecule has 0 saturated heterocycles. The number of amides is 2. The van der Waals surface area contributed by atoms with Gasteiger partial charge in [-0.3, -0.25) is 20.4 Å². The molecule has 0 aliphatic heterocycles. The fraction of sp³-hybridized carbons (Fsp3) is 0.263. The number of hydrogen-bond acceptors (Lipinski definition) is 4. The van der Waals surface area contributed by atoms with Crippen LogP contribution in [0.4, 0.5) is 13.2 Å². The molecule has 3 N–H and O–H groups in total. The van der Waals surface area contributed by atoms with E-state index in [1.165, 1.54) is 0 Å². The van der Waals surface area contributed by atoms with Gasteiger partial charge in [-0.05, 0) is 43.2 Å². The Balaban J connectivity index is 2.04. The van der Waals surface area contributed by atoms with Crippen LogP contribution in [0.3, 0.4) is 0 Å². The number of rotatable bonds is 6. The lowest BCUT2D eigenvalue weighted by atomic mass is 10.1. The zero-order valence-corrected chi connectivity index (χ0v) is 16.9. The molecule has 0 fully saturated rings. The van der Waals surface area contributed by atoms with E-state index in [0.717, 1.165) is 37.1 Å². The number of alkyl halides is 3. The maximum atomic E-state index is 13.1. The van der Waals surface area contributed by atoms with Crippen LogP contribution in [0.2, 0.25) is 0 Å². The van der Waals surface area contributed by atoms with E-state index >= 15 is 0 Å². The highest BCUT2D eigenvalue weighted by Crippen LogP contribution is 2.33. The van der Waals surface area contributed by atoms with E-state index in [1.807, 2.05) is 17.1 Å². The Morgan fingerprint density at radius 1 is 1.00 bits per heavy atom. The van der Waals surface area contributed by atoms with E-state index in [-0.39, 0.29) is 5.56 Å². The van der Waals surface area contributed by atoms with E-state index in [9.17, 15) is 31.2 Å². The average Bonchev–Trinajstić information content (AvgIpc) is 2.70. The van der Waals surface area contributed by atoms with Crippen molar-refractivity contribution in [3.63, 3.8) is 0 Å². The van der Waals surface area contributed by atoms with Gasteiger partial charge in [0.25, 0.3) is 11.8 Å². The van der Waals surface area contributed by atoms with Crippen LogP contribution in [-0.2, 0) is 27.4 Å². The zero-order valence-electron chi connectivity index (χ0n) is 16.1. The van der Waals surface area contributed by atoms with Gasteiger partial charge in [0.05, 0.1) is 16.5 Å². The number of hydrogen-bond donors (Lipinski definition) is 3. The van der Waals surface area contributed by atoms with Gasteiger partial charge in [-0.15, -0.1) is 0 Å². The summed E-state index contributed by atoms with van der Waals surface area (Å²) in [6.45, 7) is 3.08. The molecule has 0 heterocycles. The van der Waals surface area contributed by atoms with Crippen LogP contribution in [0.5, 0.6) is 0 Å². The molecule has 2 rings (SSSR count). The number of carbonyl (C=O) groups excluding carboxylic acids is 2. The standard InChI is InChI=1S/C19H20F3N3O4S/c1-3-13-8-10-14(11-9-13)18(27)24-23-17(26)12(2)25-30(28,29)16-7-5-4-6-15(16)19(20,21)22/h4-12,25H,3H2,1-2H3,(H,23,26)(H,24,27)/t12-/m0/s1. The number of hydrazine groups is 1. The third-order valence-electron chi connectivity index (χ3n) is 4.13. The molecule has 0 radical (unpaired) electrons. The van der Waals surface area contributed by atoms with Crippen molar-refractivity contribution >= 4 is 21.8 Å².